The van der Waals surface area contributed by atoms with E-state index in [1.807, 2.05) is 177 Å². The second-order valence-electron chi connectivity index (χ2n) is 31.3. The van der Waals surface area contributed by atoms with E-state index in [1.165, 1.54) is 200 Å². The van der Waals surface area contributed by atoms with Crippen LogP contribution in [0.2, 0.25) is 0 Å². The molecule has 5 aromatic heterocycles. The van der Waals surface area contributed by atoms with Gasteiger partial charge in [-0.2, -0.15) is 0 Å². The van der Waals surface area contributed by atoms with E-state index in [2.05, 4.69) is 250 Å². The molecule has 5 radical (unpaired) electrons. The van der Waals surface area contributed by atoms with E-state index in [1.54, 1.807) is 0 Å². The summed E-state index contributed by atoms with van der Waals surface area (Å²) in [5.74, 6) is -0.312. The molecule has 20 heteroatoms. The maximum Gasteiger partial charge on any atom is 0.155 e. The molecule has 0 aliphatic heterocycles. The predicted molar refractivity (Wildman–Crippen MR) is 543 cm³/mol. The number of carbonyl (C=O) groups excluding carboxylic acids is 5. The molecule has 10 aromatic carbocycles. The van der Waals surface area contributed by atoms with Gasteiger partial charge in [-0.1, -0.05) is 180 Å². The Morgan fingerprint density at radius 2 is 0.522 bits per heavy atom. The molecule has 0 aliphatic carbocycles. The van der Waals surface area contributed by atoms with Crippen LogP contribution in [-0.2, 0) is 124 Å². The minimum Gasteiger partial charge on any atom is -0.512 e. The summed E-state index contributed by atoms with van der Waals surface area (Å²) in [5.41, 5.74) is 32.2. The number of carbonyl (C=O) groups is 5. The molecule has 0 fully saturated rings. The van der Waals surface area contributed by atoms with Gasteiger partial charge in [-0.3, -0.25) is 24.0 Å². The molecule has 0 unspecified atom stereocenters. The van der Waals surface area contributed by atoms with Gasteiger partial charge in [-0.25, -0.2) is 0 Å². The Morgan fingerprint density at radius 3 is 0.862 bits per heavy atom. The number of ketones is 5. The fourth-order valence-corrected chi connectivity index (χ4v) is 12.9. The summed E-state index contributed by atoms with van der Waals surface area (Å²) in [4.78, 5) is 72.4. The first-order chi connectivity index (χ1) is 63.5. The van der Waals surface area contributed by atoms with Crippen LogP contribution in [0.4, 0.5) is 0 Å². The third-order valence-corrected chi connectivity index (χ3v) is 18.5. The van der Waals surface area contributed by atoms with E-state index in [-0.39, 0.29) is 158 Å². The summed E-state index contributed by atoms with van der Waals surface area (Å²) in [6.45, 7) is 31.2. The summed E-state index contributed by atoms with van der Waals surface area (Å²) < 4.78 is 0. The third kappa shape index (κ3) is 48.3. The quantitative estimate of drug-likeness (QED) is 0.0364. The average molecular weight is 2730 g/mol. The van der Waals surface area contributed by atoms with Crippen LogP contribution in [0.5, 0.6) is 0 Å². The van der Waals surface area contributed by atoms with Crippen LogP contribution in [-0.4, -0.2) is 79.4 Å². The van der Waals surface area contributed by atoms with Gasteiger partial charge in [0.25, 0.3) is 0 Å². The molecule has 0 aliphatic rings. The summed E-state index contributed by atoms with van der Waals surface area (Å²) in [6, 6.07) is 113. The zero-order valence-electron chi connectivity index (χ0n) is 80.6. The second-order valence-corrected chi connectivity index (χ2v) is 31.3. The Morgan fingerprint density at radius 1 is 0.225 bits per heavy atom. The minimum absolute atomic E-state index is 0. The number of hydrogen-bond acceptors (Lipinski definition) is 15. The number of aromatic nitrogens is 5. The fourth-order valence-electron chi connectivity index (χ4n) is 12.9. The number of allylic oxidation sites excluding steroid dienone is 10. The number of aliphatic hydroxyl groups is 5. The van der Waals surface area contributed by atoms with Crippen LogP contribution in [0.3, 0.4) is 0 Å². The maximum absolute atomic E-state index is 10.0. The number of aliphatic hydroxyl groups excluding tert-OH is 5. The standard InChI is InChI=1S/C20H18N.C19H16N.3C18H14N.5C5H8O2.5Ir/c1-14-9-15(2)11-18(10-14)19-13-21-20(12-16(19)3)17-7-5-4-6-8-17;1-14-8-9-18(15(2)12-14)17-10-11-20-19(13-17)16-6-4-3-5-7-16;1-14-6-5-9-17(12-14)18-13-16(10-11-19-18)15-7-3-2-4-8-15;1-14-6-5-9-16(12-14)17-10-11-19-18(13-17)15-7-3-2-4-8-15;1-14-7-9-15(10-8-14)17-11-12-19-18(13-17)16-5-3-2-4-6-16;5*1-4(6)3-5(2)7;;;;;/h4-7,9-13H,1-3H3;3-6,8-13H,1-2H3;2-8,10-13H,1H3;2-7,9-13H,1H3;2-5,7-13H,1H3;5*3,6H,1-2H3;;;;;/q5*-1;;;;;;;;;;. The number of hydrogen-bond donors (Lipinski definition) is 5. The molecule has 138 heavy (non-hydrogen) atoms. The van der Waals surface area contributed by atoms with Crippen LogP contribution < -0.4 is 0 Å². The second kappa shape index (κ2) is 66.7. The average Bonchev–Trinajstić information content (AvgIpc) is 0.816. The van der Waals surface area contributed by atoms with Crippen molar-refractivity contribution in [1.82, 2.24) is 24.9 Å². The molecule has 0 amide bonds. The molecule has 5 heterocycles. The monoisotopic (exact) mass is 2730 g/mol. The van der Waals surface area contributed by atoms with Gasteiger partial charge in [-0.05, 0) is 232 Å². The van der Waals surface area contributed by atoms with Crippen LogP contribution in [0.15, 0.2) is 375 Å². The van der Waals surface area contributed by atoms with E-state index in [0.29, 0.717) is 0 Å². The molecule has 15 aromatic rings. The molecule has 15 nitrogen and oxygen atoms in total. The fraction of sp³-hybridized carbons (Fsp3) is 0.153. The van der Waals surface area contributed by atoms with Crippen molar-refractivity contribution in [3.05, 3.63) is 450 Å². The molecule has 5 N–H and O–H groups in total. The van der Waals surface area contributed by atoms with Gasteiger partial charge in [0, 0.05) is 167 Å². The molecule has 723 valence electrons. The van der Waals surface area contributed by atoms with Crippen molar-refractivity contribution in [2.75, 3.05) is 0 Å². The van der Waals surface area contributed by atoms with Crippen molar-refractivity contribution in [1.29, 1.82) is 0 Å². The van der Waals surface area contributed by atoms with Gasteiger partial charge >= 0.3 is 0 Å². The largest absolute Gasteiger partial charge is 0.512 e. The predicted octanol–water partition coefficient (Wildman–Crippen LogP) is 28.7. The van der Waals surface area contributed by atoms with Crippen LogP contribution in [0.1, 0.15) is 114 Å². The Labute approximate surface area is 882 Å². The third-order valence-electron chi connectivity index (χ3n) is 18.5. The van der Waals surface area contributed by atoms with Gasteiger partial charge < -0.3 is 50.5 Å². The number of aryl methyl sites for hydroxylation is 8. The van der Waals surface area contributed by atoms with E-state index in [4.69, 9.17) is 25.5 Å². The summed E-state index contributed by atoms with van der Waals surface area (Å²) >= 11 is 0. The molecular weight excluding hydrogens is 2610 g/mol. The molecule has 15 rings (SSSR count). The first kappa shape index (κ1) is 123. The van der Waals surface area contributed by atoms with Crippen molar-refractivity contribution in [2.45, 2.75) is 125 Å². The smallest absolute Gasteiger partial charge is 0.155 e. The van der Waals surface area contributed by atoms with Gasteiger partial charge in [0.05, 0.1) is 28.8 Å². The molecule has 0 saturated heterocycles. The first-order valence-corrected chi connectivity index (χ1v) is 42.9. The van der Waals surface area contributed by atoms with Gasteiger partial charge in [-0.15, -0.1) is 179 Å². The molecular formula is C118H116Ir5N5O10-5. The van der Waals surface area contributed by atoms with Gasteiger partial charge in [0.2, 0.25) is 0 Å². The normalized spacial score (nSPS) is 10.3. The van der Waals surface area contributed by atoms with E-state index < -0.39 is 0 Å². The van der Waals surface area contributed by atoms with Crippen molar-refractivity contribution < 1.29 is 150 Å². The summed E-state index contributed by atoms with van der Waals surface area (Å²) in [5, 5.41) is 41.8. The van der Waals surface area contributed by atoms with Crippen molar-refractivity contribution in [3.8, 4) is 112 Å². The van der Waals surface area contributed by atoms with E-state index in [9.17, 15) is 24.0 Å². The van der Waals surface area contributed by atoms with E-state index >= 15 is 0 Å². The van der Waals surface area contributed by atoms with Crippen molar-refractivity contribution in [2.24, 2.45) is 0 Å². The Kier molecular flexibility index (Phi) is 59.5. The Hall–Kier alpha value is -12.8. The minimum atomic E-state index is -0.125. The number of nitrogens with zero attached hydrogens (tertiary/aromatic N) is 5. The number of pyridine rings is 5. The van der Waals surface area contributed by atoms with Gasteiger partial charge in [0.1, 0.15) is 0 Å². The van der Waals surface area contributed by atoms with Crippen LogP contribution >= 0.6 is 0 Å². The van der Waals surface area contributed by atoms with Crippen molar-refractivity contribution in [3.63, 3.8) is 0 Å². The topological polar surface area (TPSA) is 251 Å². The summed E-state index contributed by atoms with van der Waals surface area (Å²) in [7, 11) is 0. The maximum atomic E-state index is 10.0. The molecule has 0 saturated carbocycles. The Balaban J connectivity index is 0.000000788. The van der Waals surface area contributed by atoms with Crippen molar-refractivity contribution >= 4 is 28.9 Å². The SMILES string of the molecule is CC(=O)C=C(C)O.CC(=O)C=C(C)O.CC(=O)C=C(C)O.CC(=O)C=C(C)O.CC(=O)C=C(C)O.Cc1cc(C)cc(-c2cnc(-c3[c-]cccc3)cc2C)c1.Cc1cc[c-]c(-c2cc(-c3ccccc3)ccn2)c1.Cc1ccc(-c2ccnc(-c3[c-]cccc3)c2)c(C)c1.Cc1ccc(-c2ccnc(-c3[c-]cccc3)c2)cc1.Cc1cccc(-c2ccnc(-c3[c-]cccc3)c2)c1.[Ir].[Ir].[Ir].[Ir].[Ir]. The molecule has 0 spiro atoms. The van der Waals surface area contributed by atoms with Gasteiger partial charge in [0.15, 0.2) is 28.9 Å². The van der Waals surface area contributed by atoms with Crippen LogP contribution in [0.25, 0.3) is 112 Å². The van der Waals surface area contributed by atoms with Crippen LogP contribution in [0, 0.1) is 85.7 Å². The zero-order chi connectivity index (χ0) is 97.3. The first-order valence-electron chi connectivity index (χ1n) is 42.9. The number of rotatable bonds is 15. The summed E-state index contributed by atoms with van der Waals surface area (Å²) in [6.07, 6.45) is 15.2. The molecule has 0 bridgehead atoms. The number of benzene rings is 10. The van der Waals surface area contributed by atoms with E-state index in [0.717, 1.165) is 56.3 Å². The molecule has 0 atom stereocenters. The zero-order valence-corrected chi connectivity index (χ0v) is 92.6. The Bertz CT molecular complexity index is 6130.